The van der Waals surface area contributed by atoms with Crippen molar-refractivity contribution in [2.24, 2.45) is 0 Å². The second-order valence-corrected chi connectivity index (χ2v) is 4.06. The summed E-state index contributed by atoms with van der Waals surface area (Å²) in [7, 11) is 1.62. The molecule has 1 unspecified atom stereocenters. The third-order valence-electron chi connectivity index (χ3n) is 2.84. The average Bonchev–Trinajstić information content (AvgIpc) is 2.94. The molecular formula is C14H16N4O. The molecule has 0 aliphatic carbocycles. The van der Waals surface area contributed by atoms with Crippen molar-refractivity contribution in [3.8, 4) is 11.8 Å². The van der Waals surface area contributed by atoms with Gasteiger partial charge in [-0.15, -0.1) is 0 Å². The molecule has 0 fully saturated rings. The van der Waals surface area contributed by atoms with Gasteiger partial charge in [-0.2, -0.15) is 10.4 Å². The number of rotatable bonds is 5. The Balaban J connectivity index is 2.12. The van der Waals surface area contributed by atoms with Crippen LogP contribution in [-0.4, -0.2) is 16.9 Å². The van der Waals surface area contributed by atoms with Crippen molar-refractivity contribution in [1.82, 2.24) is 9.78 Å². The Morgan fingerprint density at radius 2 is 2.16 bits per heavy atom. The van der Waals surface area contributed by atoms with E-state index in [1.165, 1.54) is 0 Å². The molecule has 1 aromatic carbocycles. The van der Waals surface area contributed by atoms with E-state index in [9.17, 15) is 5.26 Å². The van der Waals surface area contributed by atoms with E-state index in [2.05, 4.69) is 16.5 Å². The summed E-state index contributed by atoms with van der Waals surface area (Å²) < 4.78 is 6.90. The predicted octanol–water partition coefficient (Wildman–Crippen LogP) is 2.59. The predicted molar refractivity (Wildman–Crippen MR) is 72.9 cm³/mol. The molecule has 1 heterocycles. The molecule has 19 heavy (non-hydrogen) atoms. The van der Waals surface area contributed by atoms with E-state index in [-0.39, 0.29) is 0 Å². The number of anilines is 1. The van der Waals surface area contributed by atoms with E-state index in [1.54, 1.807) is 18.0 Å². The highest BCUT2D eigenvalue weighted by atomic mass is 16.5. The molecular weight excluding hydrogens is 240 g/mol. The summed E-state index contributed by atoms with van der Waals surface area (Å²) in [5, 5.41) is 16.6. The first kappa shape index (κ1) is 13.0. The van der Waals surface area contributed by atoms with Crippen molar-refractivity contribution in [2.45, 2.75) is 19.5 Å². The molecule has 5 nitrogen and oxygen atoms in total. The standard InChI is InChI=1S/C14H16N4O/c1-3-18-10-11(9-16-18)14(8-15)17-12-4-6-13(19-2)7-5-12/h4-7,9-10,14,17H,3H2,1-2H3. The van der Waals surface area contributed by atoms with Crippen LogP contribution in [0.25, 0.3) is 0 Å². The van der Waals surface area contributed by atoms with Crippen molar-refractivity contribution in [3.05, 3.63) is 42.2 Å². The van der Waals surface area contributed by atoms with Gasteiger partial charge in [0.25, 0.3) is 0 Å². The largest absolute Gasteiger partial charge is 0.497 e. The Hall–Kier alpha value is -2.48. The summed E-state index contributed by atoms with van der Waals surface area (Å²) in [4.78, 5) is 0. The van der Waals surface area contributed by atoms with Crippen LogP contribution in [0.3, 0.4) is 0 Å². The van der Waals surface area contributed by atoms with Gasteiger partial charge in [0.15, 0.2) is 0 Å². The van der Waals surface area contributed by atoms with E-state index in [4.69, 9.17) is 4.74 Å². The molecule has 0 saturated carbocycles. The lowest BCUT2D eigenvalue weighted by Gasteiger charge is -2.11. The van der Waals surface area contributed by atoms with Crippen LogP contribution in [0.15, 0.2) is 36.7 Å². The minimum absolute atomic E-state index is 0.409. The van der Waals surface area contributed by atoms with Gasteiger partial charge in [0.05, 0.1) is 19.4 Å². The van der Waals surface area contributed by atoms with E-state index in [0.29, 0.717) is 0 Å². The molecule has 1 atom stereocenters. The SMILES string of the molecule is CCn1cc(C(C#N)Nc2ccc(OC)cc2)cn1. The number of nitrogens with zero attached hydrogens (tertiary/aromatic N) is 3. The number of nitriles is 1. The summed E-state index contributed by atoms with van der Waals surface area (Å²) in [6.45, 7) is 2.80. The molecule has 0 amide bonds. The smallest absolute Gasteiger partial charge is 0.143 e. The monoisotopic (exact) mass is 256 g/mol. The van der Waals surface area contributed by atoms with E-state index in [0.717, 1.165) is 23.5 Å². The van der Waals surface area contributed by atoms with Crippen molar-refractivity contribution >= 4 is 5.69 Å². The normalized spacial score (nSPS) is 11.6. The third-order valence-corrected chi connectivity index (χ3v) is 2.84. The Morgan fingerprint density at radius 1 is 1.42 bits per heavy atom. The maximum absolute atomic E-state index is 9.25. The van der Waals surface area contributed by atoms with Crippen LogP contribution in [0.1, 0.15) is 18.5 Å². The molecule has 0 aliphatic rings. The molecule has 0 spiro atoms. The maximum atomic E-state index is 9.25. The number of benzene rings is 1. The molecule has 2 aromatic rings. The van der Waals surface area contributed by atoms with Crippen LogP contribution in [0.4, 0.5) is 5.69 Å². The van der Waals surface area contributed by atoms with Crippen LogP contribution >= 0.6 is 0 Å². The zero-order chi connectivity index (χ0) is 13.7. The van der Waals surface area contributed by atoms with Gasteiger partial charge >= 0.3 is 0 Å². The molecule has 0 aliphatic heterocycles. The highest BCUT2D eigenvalue weighted by Gasteiger charge is 2.12. The lowest BCUT2D eigenvalue weighted by atomic mass is 10.1. The first-order valence-electron chi connectivity index (χ1n) is 6.09. The Bertz CT molecular complexity index is 568. The van der Waals surface area contributed by atoms with Gasteiger partial charge in [-0.3, -0.25) is 4.68 Å². The van der Waals surface area contributed by atoms with Gasteiger partial charge in [0.1, 0.15) is 11.8 Å². The molecule has 1 aromatic heterocycles. The first-order chi connectivity index (χ1) is 9.26. The second kappa shape index (κ2) is 5.91. The maximum Gasteiger partial charge on any atom is 0.143 e. The van der Waals surface area contributed by atoms with Gasteiger partial charge in [0, 0.05) is 24.0 Å². The zero-order valence-corrected chi connectivity index (χ0v) is 11.0. The summed E-state index contributed by atoms with van der Waals surface area (Å²) in [6.07, 6.45) is 3.60. The van der Waals surface area contributed by atoms with Crippen LogP contribution < -0.4 is 10.1 Å². The number of aromatic nitrogens is 2. The topological polar surface area (TPSA) is 62.9 Å². The quantitative estimate of drug-likeness (QED) is 0.893. The van der Waals surface area contributed by atoms with Crippen LogP contribution in [0, 0.1) is 11.3 Å². The number of hydrogen-bond acceptors (Lipinski definition) is 4. The van der Waals surface area contributed by atoms with Gasteiger partial charge in [0.2, 0.25) is 0 Å². The minimum atomic E-state index is -0.409. The summed E-state index contributed by atoms with van der Waals surface area (Å²) in [5.41, 5.74) is 1.73. The molecule has 5 heteroatoms. The molecule has 98 valence electrons. The molecule has 0 bridgehead atoms. The number of ether oxygens (including phenoxy) is 1. The Kier molecular flexibility index (Phi) is 4.04. The fourth-order valence-electron chi connectivity index (χ4n) is 1.75. The van der Waals surface area contributed by atoms with Crippen LogP contribution in [0.5, 0.6) is 5.75 Å². The average molecular weight is 256 g/mol. The highest BCUT2D eigenvalue weighted by molar-refractivity contribution is 5.49. The van der Waals surface area contributed by atoms with Crippen molar-refractivity contribution < 1.29 is 4.74 Å². The lowest BCUT2D eigenvalue weighted by Crippen LogP contribution is -2.07. The molecule has 2 rings (SSSR count). The Morgan fingerprint density at radius 3 is 2.68 bits per heavy atom. The van der Waals surface area contributed by atoms with Crippen molar-refractivity contribution in [1.29, 1.82) is 5.26 Å². The number of methoxy groups -OCH3 is 1. The number of aryl methyl sites for hydroxylation is 1. The third kappa shape index (κ3) is 3.05. The lowest BCUT2D eigenvalue weighted by molar-refractivity contribution is 0.415. The number of nitrogens with one attached hydrogen (secondary N) is 1. The van der Waals surface area contributed by atoms with E-state index >= 15 is 0 Å². The summed E-state index contributed by atoms with van der Waals surface area (Å²) >= 11 is 0. The van der Waals surface area contributed by atoms with Crippen molar-refractivity contribution in [2.75, 3.05) is 12.4 Å². The second-order valence-electron chi connectivity index (χ2n) is 4.06. The van der Waals surface area contributed by atoms with Gasteiger partial charge in [-0.05, 0) is 31.2 Å². The summed E-state index contributed by atoms with van der Waals surface area (Å²) in [6, 6.07) is 9.30. The van der Waals surface area contributed by atoms with Crippen LogP contribution in [0.2, 0.25) is 0 Å². The van der Waals surface area contributed by atoms with Gasteiger partial charge in [-0.1, -0.05) is 0 Å². The zero-order valence-electron chi connectivity index (χ0n) is 11.0. The van der Waals surface area contributed by atoms with E-state index in [1.807, 2.05) is 37.4 Å². The highest BCUT2D eigenvalue weighted by Crippen LogP contribution is 2.21. The minimum Gasteiger partial charge on any atom is -0.497 e. The number of hydrogen-bond donors (Lipinski definition) is 1. The first-order valence-corrected chi connectivity index (χ1v) is 6.09. The summed E-state index contributed by atoms with van der Waals surface area (Å²) in [5.74, 6) is 0.790. The van der Waals surface area contributed by atoms with Crippen molar-refractivity contribution in [3.63, 3.8) is 0 Å². The molecule has 0 saturated heterocycles. The fraction of sp³-hybridized carbons (Fsp3) is 0.286. The van der Waals surface area contributed by atoms with Crippen LogP contribution in [-0.2, 0) is 6.54 Å². The Labute approximate surface area is 112 Å². The van der Waals surface area contributed by atoms with Gasteiger partial charge in [-0.25, -0.2) is 0 Å². The van der Waals surface area contributed by atoms with Gasteiger partial charge < -0.3 is 10.1 Å². The fourth-order valence-corrected chi connectivity index (χ4v) is 1.75. The molecule has 1 N–H and O–H groups in total. The molecule has 0 radical (unpaired) electrons. The van der Waals surface area contributed by atoms with E-state index < -0.39 is 6.04 Å².